The molecule has 0 aromatic heterocycles. The summed E-state index contributed by atoms with van der Waals surface area (Å²) in [6.07, 6.45) is 3.74. The molecule has 1 fully saturated rings. The van der Waals surface area contributed by atoms with E-state index in [0.717, 1.165) is 14.9 Å². The first-order valence-electron chi connectivity index (χ1n) is 7.25. The van der Waals surface area contributed by atoms with E-state index in [-0.39, 0.29) is 5.78 Å². The summed E-state index contributed by atoms with van der Waals surface area (Å²) < 4.78 is 1.05. The van der Waals surface area contributed by atoms with Crippen molar-refractivity contribution in [3.8, 4) is 0 Å². The number of hydrogen-bond donors (Lipinski definition) is 0. The Bertz CT molecular complexity index is 649. The minimum absolute atomic E-state index is 0.234. The molecule has 2 aromatic rings. The van der Waals surface area contributed by atoms with Crippen LogP contribution in [0.5, 0.6) is 0 Å². The molecule has 108 valence electrons. The van der Waals surface area contributed by atoms with Gasteiger partial charge >= 0.3 is 0 Å². The molecular weight excluding hydrogens is 344 g/mol. The maximum absolute atomic E-state index is 12.6. The van der Waals surface area contributed by atoms with Crippen molar-refractivity contribution in [2.24, 2.45) is 0 Å². The van der Waals surface area contributed by atoms with Gasteiger partial charge in [-0.25, -0.2) is 0 Å². The number of benzene rings is 2. The standard InChI is InChI=1S/C18H17BrOS/c19-16-10-3-4-11-18(16)21-12-17(20)15-9-2-1-8-14(15)13-6-5-7-13/h1-4,8-11,13H,5-7,12H2. The van der Waals surface area contributed by atoms with Crippen molar-refractivity contribution >= 4 is 33.5 Å². The molecule has 0 unspecified atom stereocenters. The molecule has 1 aliphatic carbocycles. The largest absolute Gasteiger partial charge is 0.293 e. The lowest BCUT2D eigenvalue weighted by molar-refractivity contribution is 0.102. The van der Waals surface area contributed by atoms with E-state index >= 15 is 0 Å². The molecule has 3 heteroatoms. The van der Waals surface area contributed by atoms with Crippen molar-refractivity contribution in [3.63, 3.8) is 0 Å². The molecule has 1 saturated carbocycles. The van der Waals surface area contributed by atoms with Gasteiger partial charge < -0.3 is 0 Å². The van der Waals surface area contributed by atoms with Crippen molar-refractivity contribution in [3.05, 3.63) is 64.1 Å². The van der Waals surface area contributed by atoms with Crippen LogP contribution in [0.15, 0.2) is 57.9 Å². The molecule has 1 aliphatic rings. The summed E-state index contributed by atoms with van der Waals surface area (Å²) in [6.45, 7) is 0. The lowest BCUT2D eigenvalue weighted by atomic mass is 9.78. The van der Waals surface area contributed by atoms with Crippen LogP contribution < -0.4 is 0 Å². The molecule has 0 N–H and O–H groups in total. The zero-order chi connectivity index (χ0) is 14.7. The van der Waals surface area contributed by atoms with Crippen molar-refractivity contribution < 1.29 is 4.79 Å². The summed E-state index contributed by atoms with van der Waals surface area (Å²) in [5.74, 6) is 1.32. The van der Waals surface area contributed by atoms with E-state index in [1.807, 2.05) is 42.5 Å². The molecule has 2 aromatic carbocycles. The first-order valence-corrected chi connectivity index (χ1v) is 9.03. The molecular formula is C18H17BrOS. The van der Waals surface area contributed by atoms with Crippen molar-refractivity contribution in [2.45, 2.75) is 30.1 Å². The Morgan fingerprint density at radius 2 is 1.81 bits per heavy atom. The second-order valence-electron chi connectivity index (χ2n) is 5.36. The van der Waals surface area contributed by atoms with E-state index in [9.17, 15) is 4.79 Å². The molecule has 21 heavy (non-hydrogen) atoms. The second kappa shape index (κ2) is 6.80. The fourth-order valence-corrected chi connectivity index (χ4v) is 4.06. The smallest absolute Gasteiger partial charge is 0.173 e. The fourth-order valence-electron chi connectivity index (χ4n) is 2.61. The van der Waals surface area contributed by atoms with Crippen molar-refractivity contribution in [1.29, 1.82) is 0 Å². The number of Topliss-reactive ketones (excluding diaryl/α,β-unsaturated/α-hetero) is 1. The van der Waals surface area contributed by atoms with Gasteiger partial charge in [0, 0.05) is 14.9 Å². The molecule has 0 heterocycles. The van der Waals surface area contributed by atoms with Gasteiger partial charge in [-0.2, -0.15) is 0 Å². The third kappa shape index (κ3) is 3.41. The van der Waals surface area contributed by atoms with Crippen LogP contribution in [0.1, 0.15) is 41.1 Å². The van der Waals surface area contributed by atoms with Gasteiger partial charge in [-0.15, -0.1) is 11.8 Å². The van der Waals surface area contributed by atoms with Crippen LogP contribution >= 0.6 is 27.7 Å². The predicted molar refractivity (Wildman–Crippen MR) is 92.2 cm³/mol. The predicted octanol–water partition coefficient (Wildman–Crippen LogP) is 5.69. The average molecular weight is 361 g/mol. The molecule has 0 radical (unpaired) electrons. The zero-order valence-corrected chi connectivity index (χ0v) is 14.1. The van der Waals surface area contributed by atoms with Crippen molar-refractivity contribution in [2.75, 3.05) is 5.75 Å². The molecule has 0 aliphatic heterocycles. The highest BCUT2D eigenvalue weighted by Gasteiger charge is 2.24. The topological polar surface area (TPSA) is 17.1 Å². The second-order valence-corrected chi connectivity index (χ2v) is 7.23. The Hall–Kier alpha value is -1.06. The molecule has 0 amide bonds. The Balaban J connectivity index is 1.72. The Morgan fingerprint density at radius 3 is 2.52 bits per heavy atom. The molecule has 3 rings (SSSR count). The van der Waals surface area contributed by atoms with Gasteiger partial charge in [-0.1, -0.05) is 42.8 Å². The molecule has 0 bridgehead atoms. The third-order valence-corrected chi connectivity index (χ3v) is 6.03. The lowest BCUT2D eigenvalue weighted by Gasteiger charge is -2.27. The Labute approximate surface area is 138 Å². The van der Waals surface area contributed by atoms with Crippen LogP contribution in [0.3, 0.4) is 0 Å². The summed E-state index contributed by atoms with van der Waals surface area (Å²) >= 11 is 5.13. The third-order valence-electron chi connectivity index (χ3n) is 4.00. The highest BCUT2D eigenvalue weighted by Crippen LogP contribution is 2.38. The van der Waals surface area contributed by atoms with Gasteiger partial charge in [0.25, 0.3) is 0 Å². The highest BCUT2D eigenvalue weighted by atomic mass is 79.9. The summed E-state index contributed by atoms with van der Waals surface area (Å²) in [7, 11) is 0. The van der Waals surface area contributed by atoms with E-state index in [1.54, 1.807) is 11.8 Å². The maximum Gasteiger partial charge on any atom is 0.173 e. The number of halogens is 1. The van der Waals surface area contributed by atoms with Gasteiger partial charge in [0.1, 0.15) is 0 Å². The van der Waals surface area contributed by atoms with Crippen LogP contribution in [-0.4, -0.2) is 11.5 Å². The Kier molecular flexibility index (Phi) is 4.81. The van der Waals surface area contributed by atoms with E-state index in [0.29, 0.717) is 11.7 Å². The van der Waals surface area contributed by atoms with E-state index < -0.39 is 0 Å². The number of thioether (sulfide) groups is 1. The van der Waals surface area contributed by atoms with Gasteiger partial charge in [-0.3, -0.25) is 4.79 Å². The molecule has 1 nitrogen and oxygen atoms in total. The number of carbonyl (C=O) groups excluding carboxylic acids is 1. The summed E-state index contributed by atoms with van der Waals surface area (Å²) in [5.41, 5.74) is 2.17. The zero-order valence-electron chi connectivity index (χ0n) is 11.7. The molecule has 0 atom stereocenters. The average Bonchev–Trinajstić information content (AvgIpc) is 2.45. The van der Waals surface area contributed by atoms with Gasteiger partial charge in [-0.05, 0) is 52.4 Å². The van der Waals surface area contributed by atoms with Crippen LogP contribution in [0.25, 0.3) is 0 Å². The maximum atomic E-state index is 12.6. The molecule has 0 saturated heterocycles. The molecule has 0 spiro atoms. The summed E-state index contributed by atoms with van der Waals surface area (Å²) in [6, 6.07) is 16.2. The van der Waals surface area contributed by atoms with Gasteiger partial charge in [0.15, 0.2) is 5.78 Å². The van der Waals surface area contributed by atoms with Crippen molar-refractivity contribution in [1.82, 2.24) is 0 Å². The van der Waals surface area contributed by atoms with E-state index in [1.165, 1.54) is 24.8 Å². The van der Waals surface area contributed by atoms with Gasteiger partial charge in [0.05, 0.1) is 5.75 Å². The van der Waals surface area contributed by atoms with Crippen LogP contribution in [0.4, 0.5) is 0 Å². The highest BCUT2D eigenvalue weighted by molar-refractivity contribution is 9.10. The van der Waals surface area contributed by atoms with Gasteiger partial charge in [0.2, 0.25) is 0 Å². The van der Waals surface area contributed by atoms with E-state index in [2.05, 4.69) is 22.0 Å². The normalized spacial score (nSPS) is 14.7. The van der Waals surface area contributed by atoms with Crippen LogP contribution in [-0.2, 0) is 0 Å². The van der Waals surface area contributed by atoms with Crippen LogP contribution in [0.2, 0.25) is 0 Å². The quantitative estimate of drug-likeness (QED) is 0.503. The number of ketones is 1. The van der Waals surface area contributed by atoms with E-state index in [4.69, 9.17) is 0 Å². The Morgan fingerprint density at radius 1 is 1.10 bits per heavy atom. The minimum Gasteiger partial charge on any atom is -0.293 e. The SMILES string of the molecule is O=C(CSc1ccccc1Br)c1ccccc1C1CCC1. The monoisotopic (exact) mass is 360 g/mol. The fraction of sp³-hybridized carbons (Fsp3) is 0.278. The first-order chi connectivity index (χ1) is 10.3. The number of rotatable bonds is 5. The summed E-state index contributed by atoms with van der Waals surface area (Å²) in [4.78, 5) is 13.7. The minimum atomic E-state index is 0.234. The number of carbonyl (C=O) groups is 1. The van der Waals surface area contributed by atoms with Crippen LogP contribution in [0, 0.1) is 0 Å². The number of hydrogen-bond acceptors (Lipinski definition) is 2. The lowest BCUT2D eigenvalue weighted by Crippen LogP contribution is -2.14. The first kappa shape index (κ1) is 14.9. The summed E-state index contributed by atoms with van der Waals surface area (Å²) in [5, 5.41) is 0.